The first-order chi connectivity index (χ1) is 22.3. The molecule has 4 rings (SSSR count). The van der Waals surface area contributed by atoms with E-state index in [4.69, 9.17) is 9.47 Å². The van der Waals surface area contributed by atoms with Gasteiger partial charge in [-0.25, -0.2) is 16.8 Å². The number of hydrogen-bond acceptors (Lipinski definition) is 13. The zero-order chi connectivity index (χ0) is 35.7. The van der Waals surface area contributed by atoms with Crippen LogP contribution in [0.4, 0.5) is 11.4 Å². The summed E-state index contributed by atoms with van der Waals surface area (Å²) < 4.78 is 92.7. The fraction of sp³-hybridized carbons (Fsp3) is 0.467. The highest BCUT2D eigenvalue weighted by molar-refractivity contribution is 8.23. The smallest absolute Gasteiger partial charge is 0.229 e. The van der Waals surface area contributed by atoms with Crippen LogP contribution in [-0.4, -0.2) is 100 Å². The summed E-state index contributed by atoms with van der Waals surface area (Å²) in [6, 6.07) is 10.3. The lowest BCUT2D eigenvalue weighted by Crippen LogP contribution is -2.56. The molecule has 0 saturated heterocycles. The number of carbonyl (C=O) groups excluding carboxylic acids is 1. The van der Waals surface area contributed by atoms with E-state index in [0.29, 0.717) is 6.42 Å². The van der Waals surface area contributed by atoms with E-state index in [1.165, 1.54) is 38.5 Å². The van der Waals surface area contributed by atoms with Gasteiger partial charge in [0.25, 0.3) is 0 Å². The lowest BCUT2D eigenvalue weighted by atomic mass is 9.72. The van der Waals surface area contributed by atoms with Crippen molar-refractivity contribution >= 4 is 59.6 Å². The number of benzene rings is 2. The maximum Gasteiger partial charge on any atom is 0.229 e. The van der Waals surface area contributed by atoms with E-state index >= 15 is 0 Å². The van der Waals surface area contributed by atoms with Crippen molar-refractivity contribution in [1.82, 2.24) is 9.62 Å². The lowest BCUT2D eigenvalue weighted by Gasteiger charge is -2.41. The molecule has 1 unspecified atom stereocenters. The third-order valence-electron chi connectivity index (χ3n) is 7.94. The average Bonchev–Trinajstić information content (AvgIpc) is 2.99. The van der Waals surface area contributed by atoms with Crippen molar-refractivity contribution < 1.29 is 45.3 Å². The first-order valence-electron chi connectivity index (χ1n) is 14.9. The number of Topliss-reactive ketones (excluding diaryl/α,β-unsaturated/α-hetero) is 1. The molecule has 6 N–H and O–H groups in total. The highest BCUT2D eigenvalue weighted by atomic mass is 32.3. The number of carbonyl (C=O) groups is 1. The van der Waals surface area contributed by atoms with Crippen LogP contribution in [0.25, 0.3) is 5.76 Å². The average molecular weight is 730 g/mol. The van der Waals surface area contributed by atoms with Crippen molar-refractivity contribution in [2.24, 2.45) is 10.3 Å². The second-order valence-corrected chi connectivity index (χ2v) is 17.4. The molecule has 0 radical (unpaired) electrons. The highest BCUT2D eigenvalue weighted by Gasteiger charge is 2.51. The van der Waals surface area contributed by atoms with Crippen LogP contribution in [0.3, 0.4) is 0 Å². The number of anilines is 2. The molecule has 18 heteroatoms. The van der Waals surface area contributed by atoms with Gasteiger partial charge in [0.05, 0.1) is 23.4 Å². The number of nitrogens with one attached hydrogen (secondary N) is 3. The molecule has 0 amide bonds. The van der Waals surface area contributed by atoms with Gasteiger partial charge < -0.3 is 24.8 Å². The summed E-state index contributed by atoms with van der Waals surface area (Å²) in [7, 11) is -7.25. The van der Waals surface area contributed by atoms with Crippen LogP contribution in [0.2, 0.25) is 0 Å². The van der Waals surface area contributed by atoms with Gasteiger partial charge in [-0.3, -0.25) is 18.6 Å². The predicted molar refractivity (Wildman–Crippen MR) is 186 cm³/mol. The summed E-state index contributed by atoms with van der Waals surface area (Å²) in [5.74, 6) is -2.08. The fourth-order valence-corrected chi connectivity index (χ4v) is 8.75. The van der Waals surface area contributed by atoms with Crippen LogP contribution >= 0.6 is 10.8 Å². The van der Waals surface area contributed by atoms with Crippen molar-refractivity contribution in [3.05, 3.63) is 59.2 Å². The molecule has 2 aromatic rings. The van der Waals surface area contributed by atoms with E-state index in [1.807, 2.05) is 13.8 Å². The van der Waals surface area contributed by atoms with Gasteiger partial charge in [-0.2, -0.15) is 4.72 Å². The van der Waals surface area contributed by atoms with Crippen LogP contribution in [-0.2, 0) is 39.9 Å². The summed E-state index contributed by atoms with van der Waals surface area (Å²) in [4.78, 5) is 16.3. The maximum absolute atomic E-state index is 14.8. The second-order valence-electron chi connectivity index (χ2n) is 12.2. The first-order valence-corrected chi connectivity index (χ1v) is 20.0. The standard InChI is InChI=1S/C30H43N5O10S3/c1-19(2)13-14-30(34-47(40,41)16-15-35(3)18-25(44-4)45-5)22-10-8-7-9-21(22)27(36)26(28(30)37)29-31-23-12-11-20(32-46(6,38)39)17-24(23)48(42,43)33-29/h7-12,17,19,25,32,34,36,42-43H,13-16,18H2,1-6H3,(H,31,33). The third-order valence-corrected chi connectivity index (χ3v) is 11.3. The largest absolute Gasteiger partial charge is 0.506 e. The van der Waals surface area contributed by atoms with Crippen molar-refractivity contribution in [2.45, 2.75) is 43.4 Å². The zero-order valence-electron chi connectivity index (χ0n) is 27.6. The number of aliphatic hydroxyl groups excluding tert-OH is 1. The van der Waals surface area contributed by atoms with E-state index in [0.717, 1.165) is 6.26 Å². The molecule has 15 nitrogen and oxygen atoms in total. The number of aliphatic hydroxyl groups is 1. The Labute approximate surface area is 283 Å². The van der Waals surface area contributed by atoms with Gasteiger partial charge in [-0.05, 0) is 49.6 Å². The minimum absolute atomic E-state index is 0.0163. The van der Waals surface area contributed by atoms with E-state index in [9.17, 15) is 35.8 Å². The normalized spacial score (nSPS) is 20.0. The number of ketones is 1. The summed E-state index contributed by atoms with van der Waals surface area (Å²) in [5.41, 5.74) is -1.78. The molecule has 1 aliphatic carbocycles. The Hall–Kier alpha value is -3.07. The number of amidine groups is 1. The molecule has 0 spiro atoms. The Bertz CT molecular complexity index is 1830. The zero-order valence-corrected chi connectivity index (χ0v) is 30.0. The number of likely N-dealkylation sites (N-methyl/N-ethyl adjacent to an activating group) is 1. The van der Waals surface area contributed by atoms with Crippen molar-refractivity contribution in [2.75, 3.05) is 56.4 Å². The molecule has 2 aromatic carbocycles. The maximum atomic E-state index is 14.8. The number of ether oxygens (including phenoxy) is 2. The van der Waals surface area contributed by atoms with Crippen LogP contribution in [0.1, 0.15) is 37.8 Å². The third kappa shape index (κ3) is 8.38. The summed E-state index contributed by atoms with van der Waals surface area (Å²) >= 11 is 0. The molecular weight excluding hydrogens is 687 g/mol. The van der Waals surface area contributed by atoms with Crippen molar-refractivity contribution in [3.8, 4) is 0 Å². The van der Waals surface area contributed by atoms with Crippen LogP contribution in [0.5, 0.6) is 0 Å². The van der Waals surface area contributed by atoms with Crippen LogP contribution in [0.15, 0.2) is 57.3 Å². The Morgan fingerprint density at radius 1 is 1.08 bits per heavy atom. The van der Waals surface area contributed by atoms with Crippen molar-refractivity contribution in [1.29, 1.82) is 0 Å². The SMILES string of the molecule is COC(CN(C)CCS(=O)(=O)NC1(CCC(C)C)C(=O)C(C2=NS(O)(O)c3cc(NS(C)(=O)=O)ccc3N2)=C(O)c2ccccc21)OC. The topological polar surface area (TPSA) is 216 Å². The van der Waals surface area contributed by atoms with Gasteiger partial charge >= 0.3 is 0 Å². The number of fused-ring (bicyclic) bond motifs is 2. The van der Waals surface area contributed by atoms with E-state index in [-0.39, 0.29) is 64.4 Å². The minimum Gasteiger partial charge on any atom is -0.506 e. The van der Waals surface area contributed by atoms with E-state index in [1.54, 1.807) is 30.1 Å². The van der Waals surface area contributed by atoms with Gasteiger partial charge in [0.2, 0.25) is 20.0 Å². The molecule has 266 valence electrons. The quantitative estimate of drug-likeness (QED) is 0.145. The molecule has 2 aliphatic rings. The summed E-state index contributed by atoms with van der Waals surface area (Å²) in [6.45, 7) is 4.22. The number of methoxy groups -OCH3 is 2. The number of sulfonamides is 2. The van der Waals surface area contributed by atoms with Gasteiger partial charge in [0.15, 0.2) is 17.9 Å². The van der Waals surface area contributed by atoms with Crippen molar-refractivity contribution in [3.63, 3.8) is 0 Å². The highest BCUT2D eigenvalue weighted by Crippen LogP contribution is 2.57. The van der Waals surface area contributed by atoms with Gasteiger partial charge in [-0.15, -0.1) is 4.40 Å². The fourth-order valence-electron chi connectivity index (χ4n) is 5.51. The molecule has 0 fully saturated rings. The molecular formula is C30H43N5O10S3. The summed E-state index contributed by atoms with van der Waals surface area (Å²) in [5, 5.41) is 14.4. The van der Waals surface area contributed by atoms with Gasteiger partial charge in [0.1, 0.15) is 21.8 Å². The molecule has 0 saturated carbocycles. The monoisotopic (exact) mass is 729 g/mol. The Balaban J connectivity index is 1.79. The Morgan fingerprint density at radius 3 is 2.38 bits per heavy atom. The first kappa shape index (κ1) is 37.7. The molecule has 0 bridgehead atoms. The van der Waals surface area contributed by atoms with E-state index in [2.05, 4.69) is 19.2 Å². The van der Waals surface area contributed by atoms with Gasteiger partial charge in [0, 0.05) is 32.9 Å². The Morgan fingerprint density at radius 2 is 1.75 bits per heavy atom. The molecule has 1 aliphatic heterocycles. The number of nitrogens with zero attached hydrogens (tertiary/aromatic N) is 2. The number of rotatable bonds is 15. The lowest BCUT2D eigenvalue weighted by molar-refractivity contribution is -0.121. The minimum atomic E-state index is -4.18. The predicted octanol–water partition coefficient (Wildman–Crippen LogP) is 3.56. The second kappa shape index (κ2) is 14.4. The van der Waals surface area contributed by atoms with Crippen LogP contribution in [0, 0.1) is 5.92 Å². The molecule has 48 heavy (non-hydrogen) atoms. The Kier molecular flexibility index (Phi) is 11.3. The molecule has 1 atom stereocenters. The molecule has 0 aromatic heterocycles. The molecule has 1 heterocycles. The van der Waals surface area contributed by atoms with Gasteiger partial charge in [-0.1, -0.05) is 48.9 Å². The summed E-state index contributed by atoms with van der Waals surface area (Å²) in [6.07, 6.45) is 0.794. The van der Waals surface area contributed by atoms with E-state index < -0.39 is 59.8 Å². The van der Waals surface area contributed by atoms with Crippen LogP contribution < -0.4 is 14.8 Å². The number of hydrogen-bond donors (Lipinski definition) is 6.